The summed E-state index contributed by atoms with van der Waals surface area (Å²) in [5, 5.41) is 10.6. The monoisotopic (exact) mass is 587 g/mol. The van der Waals surface area contributed by atoms with E-state index in [2.05, 4.69) is 52.1 Å². The van der Waals surface area contributed by atoms with Crippen LogP contribution in [0, 0.1) is 52.3 Å². The second-order valence-corrected chi connectivity index (χ2v) is 21.4. The summed E-state index contributed by atoms with van der Waals surface area (Å²) in [7, 11) is -5.47. The van der Waals surface area contributed by atoms with Gasteiger partial charge in [0.15, 0.2) is 8.32 Å². The average molecular weight is 588 g/mol. The van der Waals surface area contributed by atoms with Crippen LogP contribution in [-0.2, 0) is 19.2 Å². The van der Waals surface area contributed by atoms with Crippen molar-refractivity contribution in [1.29, 1.82) is 0 Å². The number of aliphatic hydroxyl groups excluding tert-OH is 1. The van der Waals surface area contributed by atoms with E-state index in [0.29, 0.717) is 42.4 Å². The molecule has 1 amide bonds. The zero-order chi connectivity index (χ0) is 29.1. The van der Waals surface area contributed by atoms with Crippen molar-refractivity contribution in [2.45, 2.75) is 124 Å². The first kappa shape index (κ1) is 31.4. The third-order valence-corrected chi connectivity index (χ3v) is 13.3. The van der Waals surface area contributed by atoms with Crippen molar-refractivity contribution in [1.82, 2.24) is 4.72 Å². The second-order valence-electron chi connectivity index (χ2n) is 15.2. The molecule has 4 aliphatic carbocycles. The summed E-state index contributed by atoms with van der Waals surface area (Å²) in [6.45, 7) is 15.9. The third kappa shape index (κ3) is 5.90. The second kappa shape index (κ2) is 11.0. The highest BCUT2D eigenvalue weighted by molar-refractivity contribution is 7.89. The molecule has 12 atom stereocenters. The highest BCUT2D eigenvalue weighted by Gasteiger charge is 2.67. The summed E-state index contributed by atoms with van der Waals surface area (Å²) in [5.41, 5.74) is -0.00220. The Bertz CT molecular complexity index is 1020. The molecular weight excluding hydrogens is 533 g/mol. The summed E-state index contributed by atoms with van der Waals surface area (Å²) >= 11 is 0. The summed E-state index contributed by atoms with van der Waals surface area (Å²) in [6.07, 6.45) is 6.58. The minimum atomic E-state index is -3.54. The Morgan fingerprint density at radius 3 is 2.31 bits per heavy atom. The van der Waals surface area contributed by atoms with Crippen LogP contribution in [0.15, 0.2) is 0 Å². The van der Waals surface area contributed by atoms with Gasteiger partial charge in [0.05, 0.1) is 18.5 Å². The van der Waals surface area contributed by atoms with Gasteiger partial charge >= 0.3 is 0 Å². The normalized spacial score (nSPS) is 45.1. The minimum Gasteiger partial charge on any atom is -0.414 e. The molecule has 4 fully saturated rings. The number of rotatable bonds is 8. The SMILES string of the molecule is CC[C@H]1C(O[Si](C)(C)C)C2C3CCC([C@H](C)CCC(=O)NS(C)(=O)=O)[C@@]3(C)CCC2[C@@]2(C)CC[C@@H](O)[C@H](F)[C@@H]12. The Kier molecular flexibility index (Phi) is 8.83. The maximum atomic E-state index is 16.0. The number of carbonyl (C=O) groups excluding carboxylic acids is 1. The first-order valence-electron chi connectivity index (χ1n) is 15.4. The molecule has 0 aliphatic heterocycles. The van der Waals surface area contributed by atoms with Crippen molar-refractivity contribution in [2.24, 2.45) is 52.3 Å². The summed E-state index contributed by atoms with van der Waals surface area (Å²) in [6, 6.07) is 0. The number of carbonyl (C=O) groups is 1. The highest BCUT2D eigenvalue weighted by Crippen LogP contribution is 2.70. The molecule has 4 rings (SSSR count). The van der Waals surface area contributed by atoms with E-state index in [-0.39, 0.29) is 35.2 Å². The van der Waals surface area contributed by atoms with E-state index in [9.17, 15) is 18.3 Å². The van der Waals surface area contributed by atoms with Crippen molar-refractivity contribution in [3.8, 4) is 0 Å². The van der Waals surface area contributed by atoms with Crippen molar-refractivity contribution in [3.05, 3.63) is 0 Å². The molecule has 0 heterocycles. The van der Waals surface area contributed by atoms with E-state index in [1.165, 1.54) is 0 Å². The van der Waals surface area contributed by atoms with E-state index in [1.807, 2.05) is 0 Å². The maximum absolute atomic E-state index is 16.0. The summed E-state index contributed by atoms with van der Waals surface area (Å²) in [5.74, 6) is 1.57. The first-order valence-corrected chi connectivity index (χ1v) is 20.7. The van der Waals surface area contributed by atoms with Crippen LogP contribution in [0.5, 0.6) is 0 Å². The van der Waals surface area contributed by atoms with E-state index >= 15 is 4.39 Å². The standard InChI is InChI=1S/C30H54FNO5SSi/c1-9-19-26-27(31)23(33)15-17-30(26,4)22-14-16-29(3)20(18(2)10-13-24(34)32-38(5,35)36)11-12-21(29)25(22)28(19)37-39(6,7)8/h18-23,25-28,33H,9-17H2,1-8H3,(H,32,34)/t18-,19-,20?,21?,22?,23-,25?,26-,27+,28?,29-,30-/m1/s1. The van der Waals surface area contributed by atoms with Crippen molar-refractivity contribution < 1.29 is 27.1 Å². The topological polar surface area (TPSA) is 92.7 Å². The largest absolute Gasteiger partial charge is 0.414 e. The fourth-order valence-electron chi connectivity index (χ4n) is 10.3. The van der Waals surface area contributed by atoms with Crippen LogP contribution in [0.4, 0.5) is 4.39 Å². The molecule has 0 bridgehead atoms. The van der Waals surface area contributed by atoms with Gasteiger partial charge in [0.1, 0.15) is 6.17 Å². The minimum absolute atomic E-state index is 0.0208. The average Bonchev–Trinajstić information content (AvgIpc) is 3.16. The number of aliphatic hydroxyl groups is 1. The lowest BCUT2D eigenvalue weighted by Crippen LogP contribution is -2.66. The van der Waals surface area contributed by atoms with E-state index in [1.54, 1.807) is 0 Å². The van der Waals surface area contributed by atoms with Crippen LogP contribution in [0.1, 0.15) is 85.5 Å². The number of alkyl halides is 1. The fourth-order valence-corrected chi connectivity index (χ4v) is 12.0. The lowest BCUT2D eigenvalue weighted by Gasteiger charge is -2.66. The van der Waals surface area contributed by atoms with Gasteiger partial charge in [-0.05, 0) is 111 Å². The Morgan fingerprint density at radius 1 is 1.10 bits per heavy atom. The molecule has 2 N–H and O–H groups in total. The lowest BCUT2D eigenvalue weighted by molar-refractivity contribution is -0.218. The number of amides is 1. The smallest absolute Gasteiger partial charge is 0.233 e. The molecule has 4 saturated carbocycles. The number of halogens is 1. The zero-order valence-electron chi connectivity index (χ0n) is 25.5. The number of fused-ring (bicyclic) bond motifs is 5. The highest BCUT2D eigenvalue weighted by atomic mass is 32.2. The van der Waals surface area contributed by atoms with Crippen LogP contribution >= 0.6 is 0 Å². The predicted molar refractivity (Wildman–Crippen MR) is 156 cm³/mol. The molecular formula is C30H54FNO5SSi. The molecule has 226 valence electrons. The van der Waals surface area contributed by atoms with E-state index < -0.39 is 36.5 Å². The van der Waals surface area contributed by atoms with Crippen LogP contribution in [0.3, 0.4) is 0 Å². The Balaban J connectivity index is 1.64. The summed E-state index contributed by atoms with van der Waals surface area (Å²) < 4.78 is 48.1. The molecule has 9 heteroatoms. The molecule has 39 heavy (non-hydrogen) atoms. The molecule has 0 aromatic heterocycles. The van der Waals surface area contributed by atoms with Crippen molar-refractivity contribution in [2.75, 3.05) is 6.26 Å². The molecule has 4 aliphatic rings. The van der Waals surface area contributed by atoms with E-state index in [4.69, 9.17) is 4.43 Å². The zero-order valence-corrected chi connectivity index (χ0v) is 27.3. The van der Waals surface area contributed by atoms with Gasteiger partial charge in [0, 0.05) is 12.3 Å². The maximum Gasteiger partial charge on any atom is 0.233 e. The van der Waals surface area contributed by atoms with Crippen LogP contribution in [0.25, 0.3) is 0 Å². The third-order valence-electron chi connectivity index (χ3n) is 11.7. The van der Waals surface area contributed by atoms with Crippen LogP contribution in [0.2, 0.25) is 19.6 Å². The van der Waals surface area contributed by atoms with Crippen LogP contribution in [-0.4, -0.2) is 52.4 Å². The molecule has 0 aromatic rings. The van der Waals surface area contributed by atoms with Crippen molar-refractivity contribution >= 4 is 24.2 Å². The molecule has 0 spiro atoms. The van der Waals surface area contributed by atoms with Gasteiger partial charge in [-0.1, -0.05) is 34.1 Å². The fraction of sp³-hybridized carbons (Fsp3) is 0.967. The van der Waals surface area contributed by atoms with Crippen molar-refractivity contribution in [3.63, 3.8) is 0 Å². The molecule has 6 nitrogen and oxygen atoms in total. The van der Waals surface area contributed by atoms with Gasteiger partial charge in [-0.25, -0.2) is 12.8 Å². The van der Waals surface area contributed by atoms with Gasteiger partial charge in [0.25, 0.3) is 0 Å². The quantitative estimate of drug-likeness (QED) is 0.344. The van der Waals surface area contributed by atoms with Gasteiger partial charge < -0.3 is 9.53 Å². The summed E-state index contributed by atoms with van der Waals surface area (Å²) in [4.78, 5) is 12.2. The Hall–Kier alpha value is -0.513. The van der Waals surface area contributed by atoms with E-state index in [0.717, 1.165) is 44.8 Å². The first-order chi connectivity index (χ1) is 17.9. The lowest BCUT2D eigenvalue weighted by atomic mass is 9.41. The number of sulfonamides is 1. The predicted octanol–water partition coefficient (Wildman–Crippen LogP) is 5.91. The van der Waals surface area contributed by atoms with Gasteiger partial charge in [-0.15, -0.1) is 0 Å². The van der Waals surface area contributed by atoms with Gasteiger partial charge in [-0.2, -0.15) is 0 Å². The Labute approximate surface area is 237 Å². The molecule has 0 radical (unpaired) electrons. The number of nitrogens with one attached hydrogen (secondary N) is 1. The molecule has 0 aromatic carbocycles. The Morgan fingerprint density at radius 2 is 1.72 bits per heavy atom. The van der Waals surface area contributed by atoms with Gasteiger partial charge in [-0.3, -0.25) is 9.52 Å². The van der Waals surface area contributed by atoms with Gasteiger partial charge in [0.2, 0.25) is 15.9 Å². The molecule has 5 unspecified atom stereocenters. The van der Waals surface area contributed by atoms with Crippen LogP contribution < -0.4 is 4.72 Å². The number of hydrogen-bond acceptors (Lipinski definition) is 5. The molecule has 0 saturated heterocycles. The number of hydrogen-bond donors (Lipinski definition) is 2.